The maximum Gasteiger partial charge on any atom is 0.389 e. The van der Waals surface area contributed by atoms with Gasteiger partial charge in [-0.25, -0.2) is 0 Å². The lowest BCUT2D eigenvalue weighted by atomic mass is 10.2. The normalized spacial score (nSPS) is 12.4. The topological polar surface area (TPSA) is 30.7 Å². The van der Waals surface area contributed by atoms with Crippen LogP contribution < -0.4 is 0 Å². The SMILES string of the molecule is CC(C)n1cnnc1CCC(F)(F)F. The van der Waals surface area contributed by atoms with Gasteiger partial charge in [-0.1, -0.05) is 0 Å². The van der Waals surface area contributed by atoms with Crippen LogP contribution in [-0.4, -0.2) is 20.9 Å². The zero-order chi connectivity index (χ0) is 10.8. The third-order valence-corrected chi connectivity index (χ3v) is 1.84. The summed E-state index contributed by atoms with van der Waals surface area (Å²) in [6.45, 7) is 3.75. The molecule has 0 bridgehead atoms. The molecule has 0 spiro atoms. The average molecular weight is 207 g/mol. The Bertz CT molecular complexity index is 290. The molecular formula is C8H12F3N3. The predicted octanol–water partition coefficient (Wildman–Crippen LogP) is 2.35. The second-order valence-corrected chi connectivity index (χ2v) is 3.36. The Balaban J connectivity index is 2.63. The van der Waals surface area contributed by atoms with Crippen LogP contribution in [0.1, 0.15) is 32.1 Å². The molecule has 0 atom stereocenters. The molecule has 0 N–H and O–H groups in total. The van der Waals surface area contributed by atoms with E-state index in [4.69, 9.17) is 0 Å². The van der Waals surface area contributed by atoms with Crippen molar-refractivity contribution in [3.8, 4) is 0 Å². The van der Waals surface area contributed by atoms with Crippen LogP contribution >= 0.6 is 0 Å². The number of hydrogen-bond acceptors (Lipinski definition) is 2. The van der Waals surface area contributed by atoms with Gasteiger partial charge in [0, 0.05) is 12.5 Å². The van der Waals surface area contributed by atoms with Gasteiger partial charge in [0.25, 0.3) is 0 Å². The third kappa shape index (κ3) is 3.01. The number of hydrogen-bond donors (Lipinski definition) is 0. The molecule has 0 aliphatic heterocycles. The molecule has 0 saturated carbocycles. The van der Waals surface area contributed by atoms with Gasteiger partial charge in [0.1, 0.15) is 12.2 Å². The first-order chi connectivity index (χ1) is 6.40. The van der Waals surface area contributed by atoms with Crippen molar-refractivity contribution < 1.29 is 13.2 Å². The van der Waals surface area contributed by atoms with Crippen LogP contribution in [0, 0.1) is 0 Å². The van der Waals surface area contributed by atoms with Gasteiger partial charge in [0.2, 0.25) is 0 Å². The maximum atomic E-state index is 11.9. The maximum absolute atomic E-state index is 11.9. The highest BCUT2D eigenvalue weighted by Gasteiger charge is 2.27. The molecule has 1 aromatic heterocycles. The van der Waals surface area contributed by atoms with E-state index >= 15 is 0 Å². The van der Waals surface area contributed by atoms with E-state index in [1.54, 1.807) is 4.57 Å². The average Bonchev–Trinajstić information content (AvgIpc) is 2.46. The number of rotatable bonds is 3. The Morgan fingerprint density at radius 3 is 2.57 bits per heavy atom. The summed E-state index contributed by atoms with van der Waals surface area (Å²) in [5, 5.41) is 7.24. The zero-order valence-electron chi connectivity index (χ0n) is 8.04. The fraction of sp³-hybridized carbons (Fsp3) is 0.750. The van der Waals surface area contributed by atoms with Gasteiger partial charge in [-0.3, -0.25) is 0 Å². The van der Waals surface area contributed by atoms with E-state index in [1.165, 1.54) is 6.33 Å². The summed E-state index contributed by atoms with van der Waals surface area (Å²) in [7, 11) is 0. The van der Waals surface area contributed by atoms with E-state index in [1.807, 2.05) is 13.8 Å². The van der Waals surface area contributed by atoms with Crippen LogP contribution in [0.2, 0.25) is 0 Å². The molecule has 0 amide bonds. The Hall–Kier alpha value is -1.07. The van der Waals surface area contributed by atoms with Crippen molar-refractivity contribution >= 4 is 0 Å². The van der Waals surface area contributed by atoms with Crippen molar-refractivity contribution in [1.29, 1.82) is 0 Å². The molecule has 3 nitrogen and oxygen atoms in total. The minimum absolute atomic E-state index is 0.0910. The molecule has 1 heterocycles. The first-order valence-corrected chi connectivity index (χ1v) is 4.35. The van der Waals surface area contributed by atoms with E-state index in [2.05, 4.69) is 10.2 Å². The molecular weight excluding hydrogens is 195 g/mol. The Kier molecular flexibility index (Phi) is 3.13. The summed E-state index contributed by atoms with van der Waals surface area (Å²) in [5.74, 6) is 0.386. The molecule has 0 aromatic carbocycles. The molecule has 80 valence electrons. The van der Waals surface area contributed by atoms with Gasteiger partial charge in [-0.05, 0) is 13.8 Å². The summed E-state index contributed by atoms with van der Waals surface area (Å²) in [5.41, 5.74) is 0. The van der Waals surface area contributed by atoms with Crippen LogP contribution in [0.25, 0.3) is 0 Å². The highest BCUT2D eigenvalue weighted by Crippen LogP contribution is 2.22. The summed E-state index contributed by atoms with van der Waals surface area (Å²) >= 11 is 0. The number of halogens is 3. The van der Waals surface area contributed by atoms with Crippen molar-refractivity contribution in [2.45, 2.75) is 38.9 Å². The smallest absolute Gasteiger partial charge is 0.315 e. The fourth-order valence-electron chi connectivity index (χ4n) is 1.13. The molecule has 0 fully saturated rings. The predicted molar refractivity (Wildman–Crippen MR) is 44.8 cm³/mol. The Labute approximate surface area is 79.9 Å². The van der Waals surface area contributed by atoms with Crippen molar-refractivity contribution in [1.82, 2.24) is 14.8 Å². The minimum Gasteiger partial charge on any atom is -0.315 e. The van der Waals surface area contributed by atoms with Gasteiger partial charge in [-0.2, -0.15) is 13.2 Å². The molecule has 1 aromatic rings. The summed E-state index contributed by atoms with van der Waals surface area (Å²) < 4.78 is 37.4. The molecule has 1 rings (SSSR count). The van der Waals surface area contributed by atoms with E-state index in [0.29, 0.717) is 5.82 Å². The first kappa shape index (κ1) is 11.0. The lowest BCUT2D eigenvalue weighted by molar-refractivity contribution is -0.134. The minimum atomic E-state index is -4.13. The molecule has 0 aliphatic carbocycles. The highest BCUT2D eigenvalue weighted by molar-refractivity contribution is 4.88. The summed E-state index contributed by atoms with van der Waals surface area (Å²) in [6, 6.07) is 0.0910. The number of aromatic nitrogens is 3. The van der Waals surface area contributed by atoms with Crippen LogP contribution in [0.3, 0.4) is 0 Å². The Morgan fingerprint density at radius 1 is 1.43 bits per heavy atom. The van der Waals surface area contributed by atoms with Crippen molar-refractivity contribution in [2.24, 2.45) is 0 Å². The molecule has 6 heteroatoms. The van der Waals surface area contributed by atoms with Gasteiger partial charge < -0.3 is 4.57 Å². The van der Waals surface area contributed by atoms with E-state index in [0.717, 1.165) is 0 Å². The lowest BCUT2D eigenvalue weighted by Gasteiger charge is -2.10. The molecule has 0 unspecified atom stereocenters. The molecule has 0 aliphatic rings. The second-order valence-electron chi connectivity index (χ2n) is 3.36. The van der Waals surface area contributed by atoms with Gasteiger partial charge in [-0.15, -0.1) is 10.2 Å². The zero-order valence-corrected chi connectivity index (χ0v) is 8.04. The molecule has 14 heavy (non-hydrogen) atoms. The number of alkyl halides is 3. The van der Waals surface area contributed by atoms with Crippen LogP contribution in [-0.2, 0) is 6.42 Å². The van der Waals surface area contributed by atoms with E-state index < -0.39 is 12.6 Å². The molecule has 0 radical (unpaired) electrons. The monoisotopic (exact) mass is 207 g/mol. The summed E-state index contributed by atoms with van der Waals surface area (Å²) in [6.07, 6.45) is -3.63. The standard InChI is InChI=1S/C8H12F3N3/c1-6(2)14-5-12-13-7(14)3-4-8(9,10)11/h5-6H,3-4H2,1-2H3. The van der Waals surface area contributed by atoms with Gasteiger partial charge in [0.15, 0.2) is 0 Å². The van der Waals surface area contributed by atoms with E-state index in [-0.39, 0.29) is 12.5 Å². The Morgan fingerprint density at radius 2 is 2.07 bits per heavy atom. The van der Waals surface area contributed by atoms with Crippen LogP contribution in [0.4, 0.5) is 13.2 Å². The van der Waals surface area contributed by atoms with Gasteiger partial charge >= 0.3 is 6.18 Å². The first-order valence-electron chi connectivity index (χ1n) is 4.35. The molecule has 0 saturated heterocycles. The van der Waals surface area contributed by atoms with Gasteiger partial charge in [0.05, 0.1) is 6.42 Å². The van der Waals surface area contributed by atoms with E-state index in [9.17, 15) is 13.2 Å². The lowest BCUT2D eigenvalue weighted by Crippen LogP contribution is -2.12. The number of nitrogens with zero attached hydrogens (tertiary/aromatic N) is 3. The fourth-order valence-corrected chi connectivity index (χ4v) is 1.13. The van der Waals surface area contributed by atoms with Crippen molar-refractivity contribution in [3.05, 3.63) is 12.2 Å². The largest absolute Gasteiger partial charge is 0.389 e. The van der Waals surface area contributed by atoms with Crippen molar-refractivity contribution in [2.75, 3.05) is 0 Å². The highest BCUT2D eigenvalue weighted by atomic mass is 19.4. The summed E-state index contributed by atoms with van der Waals surface area (Å²) in [4.78, 5) is 0. The number of aryl methyl sites for hydroxylation is 1. The van der Waals surface area contributed by atoms with Crippen molar-refractivity contribution in [3.63, 3.8) is 0 Å². The third-order valence-electron chi connectivity index (χ3n) is 1.84. The quantitative estimate of drug-likeness (QED) is 0.761. The van der Waals surface area contributed by atoms with Crippen LogP contribution in [0.15, 0.2) is 6.33 Å². The van der Waals surface area contributed by atoms with Crippen LogP contribution in [0.5, 0.6) is 0 Å². The second kappa shape index (κ2) is 3.98.